The molecule has 0 aromatic carbocycles. The normalized spacial score (nSPS) is 13.8. The molecular formula is C9H21NO2. The van der Waals surface area contributed by atoms with E-state index < -0.39 is 0 Å². The van der Waals surface area contributed by atoms with Crippen LogP contribution in [0.2, 0.25) is 0 Å². The van der Waals surface area contributed by atoms with Crippen LogP contribution in [-0.2, 0) is 4.74 Å². The molecule has 0 amide bonds. The molecule has 0 radical (unpaired) electrons. The van der Waals surface area contributed by atoms with Crippen LogP contribution in [0.25, 0.3) is 0 Å². The Labute approximate surface area is 75.1 Å². The smallest absolute Gasteiger partial charge is 0.0897 e. The third-order valence-corrected chi connectivity index (χ3v) is 1.39. The van der Waals surface area contributed by atoms with Crippen LogP contribution in [0.5, 0.6) is 0 Å². The lowest BCUT2D eigenvalue weighted by Crippen LogP contribution is -2.30. The highest BCUT2D eigenvalue weighted by Crippen LogP contribution is 1.93. The molecule has 0 aromatic heterocycles. The van der Waals surface area contributed by atoms with Gasteiger partial charge in [0.25, 0.3) is 0 Å². The molecule has 0 rings (SSSR count). The van der Waals surface area contributed by atoms with Gasteiger partial charge in [0.1, 0.15) is 0 Å². The monoisotopic (exact) mass is 175 g/mol. The van der Waals surface area contributed by atoms with Crippen molar-refractivity contribution in [2.75, 3.05) is 26.3 Å². The number of hydrogen-bond donors (Lipinski definition) is 2. The van der Waals surface area contributed by atoms with Crippen molar-refractivity contribution in [1.82, 2.24) is 5.32 Å². The molecule has 2 N–H and O–H groups in total. The quantitative estimate of drug-likeness (QED) is 0.596. The van der Waals surface area contributed by atoms with Gasteiger partial charge in [-0.3, -0.25) is 0 Å². The highest BCUT2D eigenvalue weighted by Gasteiger charge is 2.03. The van der Waals surface area contributed by atoms with E-state index in [0.29, 0.717) is 19.1 Å². The SMILES string of the molecule is CCNCC(O)COCC(C)C. The van der Waals surface area contributed by atoms with E-state index >= 15 is 0 Å². The van der Waals surface area contributed by atoms with E-state index in [1.807, 2.05) is 6.92 Å². The standard InChI is InChI=1S/C9H21NO2/c1-4-10-5-9(11)7-12-6-8(2)3/h8-11H,4-7H2,1-3H3. The van der Waals surface area contributed by atoms with Crippen LogP contribution in [0.1, 0.15) is 20.8 Å². The fourth-order valence-corrected chi connectivity index (χ4v) is 0.810. The lowest BCUT2D eigenvalue weighted by molar-refractivity contribution is 0.0264. The molecular weight excluding hydrogens is 154 g/mol. The van der Waals surface area contributed by atoms with Crippen LogP contribution in [-0.4, -0.2) is 37.5 Å². The Morgan fingerprint density at radius 3 is 2.50 bits per heavy atom. The second-order valence-corrected chi connectivity index (χ2v) is 3.39. The number of rotatable bonds is 7. The molecule has 1 unspecified atom stereocenters. The van der Waals surface area contributed by atoms with Gasteiger partial charge in [-0.25, -0.2) is 0 Å². The van der Waals surface area contributed by atoms with E-state index in [4.69, 9.17) is 4.74 Å². The molecule has 0 aliphatic carbocycles. The van der Waals surface area contributed by atoms with Gasteiger partial charge in [0.15, 0.2) is 0 Å². The van der Waals surface area contributed by atoms with Crippen LogP contribution >= 0.6 is 0 Å². The van der Waals surface area contributed by atoms with Crippen molar-refractivity contribution in [3.63, 3.8) is 0 Å². The topological polar surface area (TPSA) is 41.5 Å². The molecule has 0 fully saturated rings. The largest absolute Gasteiger partial charge is 0.389 e. The predicted octanol–water partition coefficient (Wildman–Crippen LogP) is 0.629. The van der Waals surface area contributed by atoms with Crippen molar-refractivity contribution in [2.45, 2.75) is 26.9 Å². The van der Waals surface area contributed by atoms with Crippen molar-refractivity contribution in [3.05, 3.63) is 0 Å². The fraction of sp³-hybridized carbons (Fsp3) is 1.00. The Bertz CT molecular complexity index is 96.5. The Kier molecular flexibility index (Phi) is 7.45. The van der Waals surface area contributed by atoms with E-state index in [1.54, 1.807) is 0 Å². The number of aliphatic hydroxyl groups is 1. The first-order valence-corrected chi connectivity index (χ1v) is 4.63. The van der Waals surface area contributed by atoms with Crippen molar-refractivity contribution >= 4 is 0 Å². The minimum atomic E-state index is -0.372. The minimum Gasteiger partial charge on any atom is -0.389 e. The first-order chi connectivity index (χ1) is 5.66. The highest BCUT2D eigenvalue weighted by atomic mass is 16.5. The summed E-state index contributed by atoms with van der Waals surface area (Å²) in [6.45, 7) is 8.87. The second-order valence-electron chi connectivity index (χ2n) is 3.39. The van der Waals surface area contributed by atoms with Gasteiger partial charge in [0, 0.05) is 13.2 Å². The molecule has 3 heteroatoms. The third-order valence-electron chi connectivity index (χ3n) is 1.39. The zero-order valence-electron chi connectivity index (χ0n) is 8.34. The predicted molar refractivity (Wildman–Crippen MR) is 50.2 cm³/mol. The Morgan fingerprint density at radius 1 is 1.33 bits per heavy atom. The van der Waals surface area contributed by atoms with Crippen LogP contribution in [0.15, 0.2) is 0 Å². The summed E-state index contributed by atoms with van der Waals surface area (Å²) in [5.41, 5.74) is 0. The van der Waals surface area contributed by atoms with Crippen molar-refractivity contribution in [1.29, 1.82) is 0 Å². The molecule has 0 bridgehead atoms. The van der Waals surface area contributed by atoms with E-state index in [1.165, 1.54) is 0 Å². The Morgan fingerprint density at radius 2 is 2.00 bits per heavy atom. The van der Waals surface area contributed by atoms with Crippen LogP contribution in [0, 0.1) is 5.92 Å². The van der Waals surface area contributed by atoms with Crippen LogP contribution in [0.3, 0.4) is 0 Å². The molecule has 0 aliphatic rings. The van der Waals surface area contributed by atoms with Crippen molar-refractivity contribution in [2.24, 2.45) is 5.92 Å². The maximum Gasteiger partial charge on any atom is 0.0897 e. The van der Waals surface area contributed by atoms with E-state index in [2.05, 4.69) is 19.2 Å². The van der Waals surface area contributed by atoms with E-state index in [9.17, 15) is 5.11 Å². The number of aliphatic hydroxyl groups excluding tert-OH is 1. The molecule has 0 aliphatic heterocycles. The molecule has 12 heavy (non-hydrogen) atoms. The molecule has 0 aromatic rings. The lowest BCUT2D eigenvalue weighted by atomic mass is 10.2. The Hall–Kier alpha value is -0.120. The average molecular weight is 175 g/mol. The fourth-order valence-electron chi connectivity index (χ4n) is 0.810. The minimum absolute atomic E-state index is 0.372. The summed E-state index contributed by atoms with van der Waals surface area (Å²) in [5, 5.41) is 12.4. The number of hydrogen-bond acceptors (Lipinski definition) is 3. The average Bonchev–Trinajstić information content (AvgIpc) is 2.00. The highest BCUT2D eigenvalue weighted by molar-refractivity contribution is 4.56. The first kappa shape index (κ1) is 11.9. The number of likely N-dealkylation sites (N-methyl/N-ethyl adjacent to an activating group) is 1. The summed E-state index contributed by atoms with van der Waals surface area (Å²) in [6.07, 6.45) is -0.372. The summed E-state index contributed by atoms with van der Waals surface area (Å²) in [4.78, 5) is 0. The van der Waals surface area contributed by atoms with Gasteiger partial charge in [-0.15, -0.1) is 0 Å². The molecule has 0 heterocycles. The molecule has 1 atom stereocenters. The molecule has 0 spiro atoms. The first-order valence-electron chi connectivity index (χ1n) is 4.63. The maximum atomic E-state index is 9.31. The van der Waals surface area contributed by atoms with Gasteiger partial charge in [-0.1, -0.05) is 20.8 Å². The zero-order valence-corrected chi connectivity index (χ0v) is 8.34. The third kappa shape index (κ3) is 7.98. The van der Waals surface area contributed by atoms with Crippen molar-refractivity contribution in [3.8, 4) is 0 Å². The van der Waals surface area contributed by atoms with E-state index in [-0.39, 0.29) is 6.10 Å². The van der Waals surface area contributed by atoms with Crippen LogP contribution < -0.4 is 5.32 Å². The van der Waals surface area contributed by atoms with Gasteiger partial charge in [-0.2, -0.15) is 0 Å². The van der Waals surface area contributed by atoms with Gasteiger partial charge in [-0.05, 0) is 12.5 Å². The maximum absolute atomic E-state index is 9.31. The summed E-state index contributed by atoms with van der Waals surface area (Å²) >= 11 is 0. The zero-order chi connectivity index (χ0) is 9.40. The van der Waals surface area contributed by atoms with Crippen molar-refractivity contribution < 1.29 is 9.84 Å². The molecule has 0 saturated carbocycles. The number of ether oxygens (including phenoxy) is 1. The molecule has 74 valence electrons. The Balaban J connectivity index is 3.13. The molecule has 0 saturated heterocycles. The number of nitrogens with one attached hydrogen (secondary N) is 1. The van der Waals surface area contributed by atoms with E-state index in [0.717, 1.165) is 13.2 Å². The van der Waals surface area contributed by atoms with Gasteiger partial charge < -0.3 is 15.2 Å². The summed E-state index contributed by atoms with van der Waals surface area (Å²) in [5.74, 6) is 0.538. The summed E-state index contributed by atoms with van der Waals surface area (Å²) in [7, 11) is 0. The summed E-state index contributed by atoms with van der Waals surface area (Å²) < 4.78 is 5.26. The molecule has 3 nitrogen and oxygen atoms in total. The van der Waals surface area contributed by atoms with Gasteiger partial charge in [0.2, 0.25) is 0 Å². The lowest BCUT2D eigenvalue weighted by Gasteiger charge is -2.12. The summed E-state index contributed by atoms with van der Waals surface area (Å²) in [6, 6.07) is 0. The second kappa shape index (κ2) is 7.53. The van der Waals surface area contributed by atoms with Crippen LogP contribution in [0.4, 0.5) is 0 Å². The van der Waals surface area contributed by atoms with Gasteiger partial charge >= 0.3 is 0 Å². The van der Waals surface area contributed by atoms with Gasteiger partial charge in [0.05, 0.1) is 12.7 Å².